The molecule has 2 atom stereocenters. The Morgan fingerprint density at radius 3 is 2.50 bits per heavy atom. The Hall–Kier alpha value is -2.08. The molecule has 0 aliphatic carbocycles. The Kier molecular flexibility index (Phi) is 3.53. The lowest BCUT2D eigenvalue weighted by Gasteiger charge is -2.37. The molecule has 3 heterocycles. The Morgan fingerprint density at radius 2 is 1.79 bits per heavy atom. The van der Waals surface area contributed by atoms with Crippen LogP contribution in [0.3, 0.4) is 0 Å². The Bertz CT molecular complexity index is 824. The number of hydrogen-bond acceptors (Lipinski definition) is 2. The minimum Gasteiger partial charge on any atom is -0.316 e. The van der Waals surface area contributed by atoms with Gasteiger partial charge in [-0.1, -0.05) is 12.1 Å². The van der Waals surface area contributed by atoms with E-state index in [9.17, 15) is 18.0 Å². The summed E-state index contributed by atoms with van der Waals surface area (Å²) in [6, 6.07) is 8.46. The lowest BCUT2D eigenvalue weighted by atomic mass is 9.83. The van der Waals surface area contributed by atoms with Crippen LogP contribution in [0.1, 0.15) is 23.6 Å². The predicted octanol–water partition coefficient (Wildman–Crippen LogP) is 3.24. The van der Waals surface area contributed by atoms with Crippen LogP contribution in [0.15, 0.2) is 41.2 Å². The number of rotatable bonds is 1. The lowest BCUT2D eigenvalue weighted by Crippen LogP contribution is -2.44. The van der Waals surface area contributed by atoms with E-state index in [4.69, 9.17) is 0 Å². The maximum atomic E-state index is 12.7. The van der Waals surface area contributed by atoms with Crippen molar-refractivity contribution in [2.24, 2.45) is 5.92 Å². The van der Waals surface area contributed by atoms with Crippen LogP contribution >= 0.6 is 0 Å². The zero-order valence-electron chi connectivity index (χ0n) is 12.9. The topological polar surface area (TPSA) is 34.0 Å². The van der Waals surface area contributed by atoms with E-state index >= 15 is 0 Å². The van der Waals surface area contributed by atoms with Gasteiger partial charge in [0, 0.05) is 30.8 Å². The number of piperidine rings is 1. The molecule has 2 aliphatic rings. The first-order valence-corrected chi connectivity index (χ1v) is 8.05. The van der Waals surface area contributed by atoms with Gasteiger partial charge in [0.05, 0.1) is 5.56 Å². The Labute approximate surface area is 137 Å². The molecule has 0 spiro atoms. The van der Waals surface area contributed by atoms with Crippen molar-refractivity contribution in [2.45, 2.75) is 25.1 Å². The van der Waals surface area contributed by atoms with Crippen LogP contribution in [0, 0.1) is 5.92 Å². The summed E-state index contributed by atoms with van der Waals surface area (Å²) in [6.07, 6.45) is -3.29. The van der Waals surface area contributed by atoms with Gasteiger partial charge in [-0.05, 0) is 48.2 Å². The molecule has 126 valence electrons. The summed E-state index contributed by atoms with van der Waals surface area (Å²) < 4.78 is 39.9. The zero-order valence-corrected chi connectivity index (χ0v) is 12.9. The summed E-state index contributed by atoms with van der Waals surface area (Å²) in [7, 11) is 0. The number of benzene rings is 1. The molecular weight excluding hydrogens is 317 g/mol. The number of fused-ring (bicyclic) bond motifs is 4. The molecule has 6 heteroatoms. The second kappa shape index (κ2) is 5.48. The number of aromatic nitrogens is 1. The summed E-state index contributed by atoms with van der Waals surface area (Å²) >= 11 is 0. The van der Waals surface area contributed by atoms with Gasteiger partial charge in [-0.25, -0.2) is 0 Å². The maximum Gasteiger partial charge on any atom is 0.416 e. The highest BCUT2D eigenvalue weighted by Gasteiger charge is 2.32. The standard InChI is InChI=1S/C18H17F3N2O/c19-18(20,21)15-3-1-12(2-4-15)13-6-16-14-5-11(8-22-9-14)10-23(16)17(24)7-13/h1-4,6-7,11,14,22H,5,8-10H2/t11-,14+/m0/s1. The molecule has 1 fully saturated rings. The molecule has 0 amide bonds. The Balaban J connectivity index is 1.75. The fourth-order valence-electron chi connectivity index (χ4n) is 3.82. The first-order chi connectivity index (χ1) is 11.4. The van der Waals surface area contributed by atoms with Crippen LogP contribution in [0.2, 0.25) is 0 Å². The van der Waals surface area contributed by atoms with E-state index in [1.54, 1.807) is 0 Å². The van der Waals surface area contributed by atoms with Gasteiger partial charge >= 0.3 is 6.18 Å². The monoisotopic (exact) mass is 334 g/mol. The van der Waals surface area contributed by atoms with Crippen LogP contribution in [0.25, 0.3) is 11.1 Å². The highest BCUT2D eigenvalue weighted by Crippen LogP contribution is 2.35. The molecule has 1 aromatic carbocycles. The van der Waals surface area contributed by atoms with E-state index in [1.807, 2.05) is 10.6 Å². The first-order valence-electron chi connectivity index (χ1n) is 8.05. The van der Waals surface area contributed by atoms with E-state index in [-0.39, 0.29) is 5.56 Å². The minimum atomic E-state index is -4.35. The molecule has 2 bridgehead atoms. The smallest absolute Gasteiger partial charge is 0.316 e. The van der Waals surface area contributed by atoms with Gasteiger partial charge in [0.15, 0.2) is 0 Å². The van der Waals surface area contributed by atoms with Crippen molar-refractivity contribution in [2.75, 3.05) is 13.1 Å². The van der Waals surface area contributed by atoms with Gasteiger partial charge in [-0.2, -0.15) is 13.2 Å². The maximum absolute atomic E-state index is 12.7. The van der Waals surface area contributed by atoms with E-state index < -0.39 is 11.7 Å². The fraction of sp³-hybridized carbons (Fsp3) is 0.389. The van der Waals surface area contributed by atoms with Crippen molar-refractivity contribution in [1.29, 1.82) is 0 Å². The molecule has 2 aliphatic heterocycles. The molecule has 2 aromatic rings. The minimum absolute atomic E-state index is 0.0704. The van der Waals surface area contributed by atoms with Crippen molar-refractivity contribution in [1.82, 2.24) is 9.88 Å². The zero-order chi connectivity index (χ0) is 16.9. The van der Waals surface area contributed by atoms with Crippen molar-refractivity contribution in [3.8, 4) is 11.1 Å². The number of hydrogen-bond donors (Lipinski definition) is 1. The molecule has 1 N–H and O–H groups in total. The SMILES string of the molecule is O=c1cc(-c2ccc(C(F)(F)F)cc2)cc2n1C[C@@H]1CNC[C@H]2C1. The number of pyridine rings is 1. The fourth-order valence-corrected chi connectivity index (χ4v) is 3.82. The van der Waals surface area contributed by atoms with Crippen LogP contribution in [-0.2, 0) is 12.7 Å². The highest BCUT2D eigenvalue weighted by molar-refractivity contribution is 5.64. The molecule has 4 rings (SSSR count). The van der Waals surface area contributed by atoms with Crippen LogP contribution in [0.4, 0.5) is 13.2 Å². The van der Waals surface area contributed by atoms with Crippen LogP contribution in [-0.4, -0.2) is 17.7 Å². The molecular formula is C18H17F3N2O. The molecule has 0 saturated carbocycles. The van der Waals surface area contributed by atoms with E-state index in [2.05, 4.69) is 5.32 Å². The third-order valence-corrected chi connectivity index (χ3v) is 5.01. The second-order valence-electron chi connectivity index (χ2n) is 6.65. The quantitative estimate of drug-likeness (QED) is 0.869. The summed E-state index contributed by atoms with van der Waals surface area (Å²) in [5, 5.41) is 3.39. The summed E-state index contributed by atoms with van der Waals surface area (Å²) in [4.78, 5) is 12.5. The average molecular weight is 334 g/mol. The number of nitrogens with zero attached hydrogens (tertiary/aromatic N) is 1. The van der Waals surface area contributed by atoms with Gasteiger partial charge in [0.25, 0.3) is 5.56 Å². The third kappa shape index (κ3) is 2.65. The summed E-state index contributed by atoms with van der Waals surface area (Å²) in [6.45, 7) is 2.49. The normalized spacial score (nSPS) is 23.0. The van der Waals surface area contributed by atoms with Crippen molar-refractivity contribution < 1.29 is 13.2 Å². The second-order valence-corrected chi connectivity index (χ2v) is 6.65. The van der Waals surface area contributed by atoms with Crippen LogP contribution in [0.5, 0.6) is 0 Å². The summed E-state index contributed by atoms with van der Waals surface area (Å²) in [5.74, 6) is 0.769. The van der Waals surface area contributed by atoms with Crippen molar-refractivity contribution in [3.05, 3.63) is 58.0 Å². The van der Waals surface area contributed by atoms with E-state index in [0.717, 1.165) is 37.3 Å². The van der Waals surface area contributed by atoms with Gasteiger partial charge in [-0.15, -0.1) is 0 Å². The van der Waals surface area contributed by atoms with Gasteiger partial charge in [0.1, 0.15) is 0 Å². The first kappa shape index (κ1) is 15.4. The molecule has 0 unspecified atom stereocenters. The van der Waals surface area contributed by atoms with Gasteiger partial charge in [-0.3, -0.25) is 4.79 Å². The molecule has 1 saturated heterocycles. The summed E-state index contributed by atoms with van der Waals surface area (Å²) in [5.41, 5.74) is 1.55. The highest BCUT2D eigenvalue weighted by atomic mass is 19.4. The largest absolute Gasteiger partial charge is 0.416 e. The van der Waals surface area contributed by atoms with E-state index in [1.165, 1.54) is 18.2 Å². The third-order valence-electron chi connectivity index (χ3n) is 5.01. The molecule has 3 nitrogen and oxygen atoms in total. The van der Waals surface area contributed by atoms with Gasteiger partial charge in [0.2, 0.25) is 0 Å². The lowest BCUT2D eigenvalue weighted by molar-refractivity contribution is -0.137. The number of nitrogens with one attached hydrogen (secondary N) is 1. The number of alkyl halides is 3. The van der Waals surface area contributed by atoms with Crippen molar-refractivity contribution >= 4 is 0 Å². The molecule has 0 radical (unpaired) electrons. The number of halogens is 3. The van der Waals surface area contributed by atoms with E-state index in [0.29, 0.717) is 29.5 Å². The average Bonchev–Trinajstić information content (AvgIpc) is 2.55. The van der Waals surface area contributed by atoms with Crippen molar-refractivity contribution in [3.63, 3.8) is 0 Å². The van der Waals surface area contributed by atoms with Gasteiger partial charge < -0.3 is 9.88 Å². The Morgan fingerprint density at radius 1 is 1.04 bits per heavy atom. The molecule has 1 aromatic heterocycles. The predicted molar refractivity (Wildman–Crippen MR) is 84.9 cm³/mol. The molecule has 24 heavy (non-hydrogen) atoms. The van der Waals surface area contributed by atoms with Crippen LogP contribution < -0.4 is 10.9 Å².